The molecular weight excluding hydrogens is 332 g/mol. The number of hydrogen-bond acceptors (Lipinski definition) is 1. The van der Waals surface area contributed by atoms with Gasteiger partial charge in [-0.3, -0.25) is 4.79 Å². The predicted molar refractivity (Wildman–Crippen MR) is 113 cm³/mol. The van der Waals surface area contributed by atoms with Gasteiger partial charge in [0.15, 0.2) is 0 Å². The molecule has 1 atom stereocenters. The standard InChI is InChI=1S/C24H24N2O/c1-3-19(17-10-6-5-7-11-17)24(27)25-18-14-15-23-21(16-18)20-12-8-9-13-22(20)26(23)4-2/h5-16,19H,3-4H2,1-2H3,(H,25,27). The Morgan fingerprint density at radius 1 is 0.889 bits per heavy atom. The summed E-state index contributed by atoms with van der Waals surface area (Å²) in [6.07, 6.45) is 0.771. The average molecular weight is 356 g/mol. The number of anilines is 1. The van der Waals surface area contributed by atoms with Crippen LogP contribution in [0.1, 0.15) is 31.7 Å². The predicted octanol–water partition coefficient (Wildman–Crippen LogP) is 5.95. The largest absolute Gasteiger partial charge is 0.341 e. The Bertz CT molecular complexity index is 1100. The fourth-order valence-corrected chi connectivity index (χ4v) is 3.96. The number of hydrogen-bond donors (Lipinski definition) is 1. The van der Waals surface area contributed by atoms with E-state index < -0.39 is 0 Å². The molecule has 0 aliphatic rings. The van der Waals surface area contributed by atoms with Crippen molar-refractivity contribution < 1.29 is 4.79 Å². The van der Waals surface area contributed by atoms with E-state index in [1.807, 2.05) is 36.4 Å². The lowest BCUT2D eigenvalue weighted by molar-refractivity contribution is -0.117. The number of carbonyl (C=O) groups is 1. The highest BCUT2D eigenvalue weighted by Crippen LogP contribution is 2.31. The third-order valence-electron chi connectivity index (χ3n) is 5.28. The van der Waals surface area contributed by atoms with Gasteiger partial charge >= 0.3 is 0 Å². The van der Waals surface area contributed by atoms with Crippen LogP contribution in [0, 0.1) is 0 Å². The van der Waals surface area contributed by atoms with Gasteiger partial charge in [-0.05, 0) is 43.2 Å². The number of nitrogens with zero attached hydrogens (tertiary/aromatic N) is 1. The van der Waals surface area contributed by atoms with Crippen molar-refractivity contribution in [3.63, 3.8) is 0 Å². The maximum absolute atomic E-state index is 12.9. The molecule has 0 aliphatic heterocycles. The van der Waals surface area contributed by atoms with Gasteiger partial charge in [-0.25, -0.2) is 0 Å². The zero-order chi connectivity index (χ0) is 18.8. The minimum absolute atomic E-state index is 0.0438. The molecule has 1 heterocycles. The monoisotopic (exact) mass is 356 g/mol. The highest BCUT2D eigenvalue weighted by molar-refractivity contribution is 6.10. The Morgan fingerprint density at radius 2 is 1.59 bits per heavy atom. The average Bonchev–Trinajstić information content (AvgIpc) is 3.02. The molecule has 1 amide bonds. The molecule has 0 bridgehead atoms. The van der Waals surface area contributed by atoms with Gasteiger partial charge in [0.2, 0.25) is 5.91 Å². The Kier molecular flexibility index (Phi) is 4.68. The molecule has 0 saturated carbocycles. The number of carbonyl (C=O) groups excluding carboxylic acids is 1. The van der Waals surface area contributed by atoms with Crippen LogP contribution in [0.5, 0.6) is 0 Å². The van der Waals surface area contributed by atoms with Crippen molar-refractivity contribution in [2.24, 2.45) is 0 Å². The molecule has 4 rings (SSSR count). The molecular formula is C24H24N2O. The van der Waals surface area contributed by atoms with Crippen LogP contribution in [0.2, 0.25) is 0 Å². The smallest absolute Gasteiger partial charge is 0.231 e. The summed E-state index contributed by atoms with van der Waals surface area (Å²) in [4.78, 5) is 12.9. The molecule has 3 aromatic carbocycles. The number of aryl methyl sites for hydroxylation is 1. The number of amides is 1. The topological polar surface area (TPSA) is 34.0 Å². The van der Waals surface area contributed by atoms with Crippen LogP contribution >= 0.6 is 0 Å². The highest BCUT2D eigenvalue weighted by atomic mass is 16.1. The van der Waals surface area contributed by atoms with Gasteiger partial charge in [0.25, 0.3) is 0 Å². The van der Waals surface area contributed by atoms with E-state index in [-0.39, 0.29) is 11.8 Å². The second kappa shape index (κ2) is 7.28. The number of benzene rings is 3. The van der Waals surface area contributed by atoms with Gasteiger partial charge in [0.05, 0.1) is 5.92 Å². The number of rotatable bonds is 5. The Hall–Kier alpha value is -3.07. The van der Waals surface area contributed by atoms with Crippen molar-refractivity contribution in [1.29, 1.82) is 0 Å². The second-order valence-electron chi connectivity index (χ2n) is 6.85. The number of para-hydroxylation sites is 1. The van der Waals surface area contributed by atoms with Gasteiger partial charge in [-0.15, -0.1) is 0 Å². The van der Waals surface area contributed by atoms with E-state index in [0.717, 1.165) is 24.2 Å². The molecule has 4 aromatic rings. The highest BCUT2D eigenvalue weighted by Gasteiger charge is 2.19. The molecule has 3 heteroatoms. The van der Waals surface area contributed by atoms with Crippen LogP contribution in [0.25, 0.3) is 21.8 Å². The summed E-state index contributed by atoms with van der Waals surface area (Å²) >= 11 is 0. The minimum Gasteiger partial charge on any atom is -0.341 e. The van der Waals surface area contributed by atoms with E-state index in [1.54, 1.807) is 0 Å². The normalized spacial score (nSPS) is 12.4. The third-order valence-corrected chi connectivity index (χ3v) is 5.28. The number of nitrogens with one attached hydrogen (secondary N) is 1. The fourth-order valence-electron chi connectivity index (χ4n) is 3.96. The molecule has 0 spiro atoms. The van der Waals surface area contributed by atoms with Crippen molar-refractivity contribution in [3.05, 3.63) is 78.4 Å². The summed E-state index contributed by atoms with van der Waals surface area (Å²) in [5.74, 6) is -0.0961. The second-order valence-corrected chi connectivity index (χ2v) is 6.85. The van der Waals surface area contributed by atoms with Crippen LogP contribution in [0.4, 0.5) is 5.69 Å². The van der Waals surface area contributed by atoms with E-state index in [0.29, 0.717) is 0 Å². The van der Waals surface area contributed by atoms with Crippen molar-refractivity contribution in [3.8, 4) is 0 Å². The van der Waals surface area contributed by atoms with Crippen molar-refractivity contribution >= 4 is 33.4 Å². The van der Waals surface area contributed by atoms with Crippen LogP contribution in [-0.4, -0.2) is 10.5 Å². The molecule has 0 aliphatic carbocycles. The summed E-state index contributed by atoms with van der Waals surface area (Å²) in [7, 11) is 0. The van der Waals surface area contributed by atoms with Crippen LogP contribution in [0.3, 0.4) is 0 Å². The van der Waals surface area contributed by atoms with Gasteiger partial charge in [0.1, 0.15) is 0 Å². The first-order valence-corrected chi connectivity index (χ1v) is 9.59. The zero-order valence-corrected chi connectivity index (χ0v) is 15.8. The lowest BCUT2D eigenvalue weighted by Gasteiger charge is -2.15. The molecule has 1 unspecified atom stereocenters. The first-order valence-electron chi connectivity index (χ1n) is 9.59. The molecule has 0 fully saturated rings. The molecule has 1 aromatic heterocycles. The summed E-state index contributed by atoms with van der Waals surface area (Å²) in [6.45, 7) is 5.13. The third kappa shape index (κ3) is 3.10. The van der Waals surface area contributed by atoms with Crippen LogP contribution in [-0.2, 0) is 11.3 Å². The number of aromatic nitrogens is 1. The quantitative estimate of drug-likeness (QED) is 0.471. The molecule has 3 nitrogen and oxygen atoms in total. The molecule has 0 radical (unpaired) electrons. The van der Waals surface area contributed by atoms with E-state index in [1.165, 1.54) is 21.8 Å². The van der Waals surface area contributed by atoms with Gasteiger partial charge in [-0.2, -0.15) is 0 Å². The molecule has 0 saturated heterocycles. The summed E-state index contributed by atoms with van der Waals surface area (Å²) in [6, 6.07) is 24.6. The van der Waals surface area contributed by atoms with Crippen molar-refractivity contribution in [2.75, 3.05) is 5.32 Å². The van der Waals surface area contributed by atoms with Gasteiger partial charge in [-0.1, -0.05) is 55.5 Å². The van der Waals surface area contributed by atoms with Crippen molar-refractivity contribution in [2.45, 2.75) is 32.7 Å². The fraction of sp³-hybridized carbons (Fsp3) is 0.208. The Labute approximate surface area is 159 Å². The number of fused-ring (bicyclic) bond motifs is 3. The lowest BCUT2D eigenvalue weighted by Crippen LogP contribution is -2.20. The SMILES string of the molecule is CCC(C(=O)Nc1ccc2c(c1)c1ccccc1n2CC)c1ccccc1. The molecule has 136 valence electrons. The van der Waals surface area contributed by atoms with E-state index in [9.17, 15) is 4.79 Å². The first kappa shape index (κ1) is 17.3. The van der Waals surface area contributed by atoms with Crippen LogP contribution < -0.4 is 5.32 Å². The Balaban J connectivity index is 1.70. The maximum atomic E-state index is 12.9. The first-order chi connectivity index (χ1) is 13.2. The molecule has 1 N–H and O–H groups in total. The minimum atomic E-state index is -0.140. The lowest BCUT2D eigenvalue weighted by atomic mass is 9.95. The van der Waals surface area contributed by atoms with E-state index in [4.69, 9.17) is 0 Å². The van der Waals surface area contributed by atoms with Crippen LogP contribution in [0.15, 0.2) is 72.8 Å². The Morgan fingerprint density at radius 3 is 2.33 bits per heavy atom. The summed E-state index contributed by atoms with van der Waals surface area (Å²) in [5, 5.41) is 5.53. The summed E-state index contributed by atoms with van der Waals surface area (Å²) in [5.41, 5.74) is 4.34. The van der Waals surface area contributed by atoms with E-state index >= 15 is 0 Å². The van der Waals surface area contributed by atoms with Gasteiger partial charge < -0.3 is 9.88 Å². The van der Waals surface area contributed by atoms with Crippen molar-refractivity contribution in [1.82, 2.24) is 4.57 Å². The van der Waals surface area contributed by atoms with E-state index in [2.05, 4.69) is 60.1 Å². The summed E-state index contributed by atoms with van der Waals surface area (Å²) < 4.78 is 2.31. The molecule has 27 heavy (non-hydrogen) atoms. The zero-order valence-electron chi connectivity index (χ0n) is 15.8. The van der Waals surface area contributed by atoms with Gasteiger partial charge in [0, 0.05) is 34.0 Å². The maximum Gasteiger partial charge on any atom is 0.231 e.